The van der Waals surface area contributed by atoms with Gasteiger partial charge in [-0.2, -0.15) is 0 Å². The zero-order chi connectivity index (χ0) is 11.5. The summed E-state index contributed by atoms with van der Waals surface area (Å²) in [6, 6.07) is 0. The normalized spacial score (nSPS) is 20.1. The van der Waals surface area contributed by atoms with E-state index in [1.54, 1.807) is 11.8 Å². The monoisotopic (exact) mass is 213 g/mol. The molecule has 0 aromatic carbocycles. The lowest BCUT2D eigenvalue weighted by molar-refractivity contribution is -0.130. The average Bonchev–Trinajstić information content (AvgIpc) is 2.28. The highest BCUT2D eigenvalue weighted by atomic mass is 16.3. The van der Waals surface area contributed by atoms with E-state index in [2.05, 4.69) is 6.58 Å². The van der Waals surface area contributed by atoms with Gasteiger partial charge in [0.1, 0.15) is 0 Å². The van der Waals surface area contributed by atoms with Gasteiger partial charge in [0.15, 0.2) is 0 Å². The Morgan fingerprint density at radius 3 is 2.13 bits per heavy atom. The van der Waals surface area contributed by atoms with Gasteiger partial charge < -0.3 is 15.1 Å². The zero-order valence-corrected chi connectivity index (χ0v) is 9.20. The smallest absolute Gasteiger partial charge is 0.248 e. The second kappa shape index (κ2) is 4.77. The predicted octanol–water partition coefficient (Wildman–Crippen LogP) is 0.156. The molecule has 86 valence electrons. The SMILES string of the molecule is C=C(C)C(=O)N1CCC(CO)(CO)CC1. The number of rotatable bonds is 3. The Labute approximate surface area is 90.2 Å². The van der Waals surface area contributed by atoms with Crippen molar-refractivity contribution in [3.8, 4) is 0 Å². The maximum Gasteiger partial charge on any atom is 0.248 e. The number of hydrogen-bond acceptors (Lipinski definition) is 3. The summed E-state index contributed by atoms with van der Waals surface area (Å²) < 4.78 is 0. The van der Waals surface area contributed by atoms with Gasteiger partial charge in [0.2, 0.25) is 5.91 Å². The molecule has 1 aliphatic rings. The molecule has 0 saturated carbocycles. The molecule has 0 radical (unpaired) electrons. The molecule has 2 N–H and O–H groups in total. The Morgan fingerprint density at radius 1 is 1.33 bits per heavy atom. The summed E-state index contributed by atoms with van der Waals surface area (Å²) in [5, 5.41) is 18.4. The third-order valence-corrected chi connectivity index (χ3v) is 3.15. The molecule has 4 nitrogen and oxygen atoms in total. The van der Waals surface area contributed by atoms with Crippen LogP contribution < -0.4 is 0 Å². The van der Waals surface area contributed by atoms with Crippen LogP contribution in [-0.4, -0.2) is 47.3 Å². The average molecular weight is 213 g/mol. The summed E-state index contributed by atoms with van der Waals surface area (Å²) in [6.45, 7) is 6.46. The number of amides is 1. The second-order valence-corrected chi connectivity index (χ2v) is 4.39. The van der Waals surface area contributed by atoms with E-state index >= 15 is 0 Å². The quantitative estimate of drug-likeness (QED) is 0.656. The van der Waals surface area contributed by atoms with Crippen molar-refractivity contribution < 1.29 is 15.0 Å². The van der Waals surface area contributed by atoms with Gasteiger partial charge in [-0.05, 0) is 19.8 Å². The van der Waals surface area contributed by atoms with E-state index < -0.39 is 5.41 Å². The fourth-order valence-corrected chi connectivity index (χ4v) is 1.82. The van der Waals surface area contributed by atoms with Crippen molar-refractivity contribution in [2.24, 2.45) is 5.41 Å². The number of aliphatic hydroxyl groups excluding tert-OH is 2. The first kappa shape index (κ1) is 12.2. The fraction of sp³-hybridized carbons (Fsp3) is 0.727. The van der Waals surface area contributed by atoms with Crippen LogP contribution in [0.15, 0.2) is 12.2 Å². The van der Waals surface area contributed by atoms with Gasteiger partial charge in [-0.25, -0.2) is 0 Å². The molecule has 1 heterocycles. The maximum atomic E-state index is 11.6. The zero-order valence-electron chi connectivity index (χ0n) is 9.20. The molecule has 15 heavy (non-hydrogen) atoms. The van der Waals surface area contributed by atoms with E-state index in [1.807, 2.05) is 0 Å². The Hall–Kier alpha value is -0.870. The van der Waals surface area contributed by atoms with E-state index in [-0.39, 0.29) is 19.1 Å². The topological polar surface area (TPSA) is 60.8 Å². The summed E-state index contributed by atoms with van der Waals surface area (Å²) in [4.78, 5) is 13.3. The molecule has 0 bridgehead atoms. The summed E-state index contributed by atoms with van der Waals surface area (Å²) in [7, 11) is 0. The molecular formula is C11H19NO3. The van der Waals surface area contributed by atoms with Gasteiger partial charge in [-0.3, -0.25) is 4.79 Å². The molecular weight excluding hydrogens is 194 g/mol. The van der Waals surface area contributed by atoms with E-state index in [0.717, 1.165) is 0 Å². The van der Waals surface area contributed by atoms with Gasteiger partial charge in [0.05, 0.1) is 13.2 Å². The third kappa shape index (κ3) is 2.58. The third-order valence-electron chi connectivity index (χ3n) is 3.15. The molecule has 0 aromatic rings. The lowest BCUT2D eigenvalue weighted by Crippen LogP contribution is -2.46. The fourth-order valence-electron chi connectivity index (χ4n) is 1.82. The Morgan fingerprint density at radius 2 is 1.80 bits per heavy atom. The van der Waals surface area contributed by atoms with Crippen LogP contribution in [0, 0.1) is 5.41 Å². The lowest BCUT2D eigenvalue weighted by Gasteiger charge is -2.39. The van der Waals surface area contributed by atoms with E-state index in [1.165, 1.54) is 0 Å². The van der Waals surface area contributed by atoms with Gasteiger partial charge in [0.25, 0.3) is 0 Å². The number of piperidine rings is 1. The van der Waals surface area contributed by atoms with Crippen LogP contribution in [0.1, 0.15) is 19.8 Å². The molecule has 4 heteroatoms. The molecule has 0 unspecified atom stereocenters. The van der Waals surface area contributed by atoms with Gasteiger partial charge in [0, 0.05) is 24.1 Å². The van der Waals surface area contributed by atoms with Gasteiger partial charge in [-0.15, -0.1) is 0 Å². The van der Waals surface area contributed by atoms with Crippen molar-refractivity contribution in [2.45, 2.75) is 19.8 Å². The number of nitrogens with zero attached hydrogens (tertiary/aromatic N) is 1. The molecule has 1 rings (SSSR count). The van der Waals surface area contributed by atoms with E-state index in [9.17, 15) is 15.0 Å². The first-order chi connectivity index (χ1) is 7.04. The molecule has 1 amide bonds. The number of carbonyl (C=O) groups excluding carboxylic acids is 1. The van der Waals surface area contributed by atoms with Crippen LogP contribution in [0.25, 0.3) is 0 Å². The second-order valence-electron chi connectivity index (χ2n) is 4.39. The predicted molar refractivity (Wildman–Crippen MR) is 57.2 cm³/mol. The molecule has 1 fully saturated rings. The number of hydrogen-bond donors (Lipinski definition) is 2. The Balaban J connectivity index is 2.55. The summed E-state index contributed by atoms with van der Waals surface area (Å²) >= 11 is 0. The summed E-state index contributed by atoms with van der Waals surface area (Å²) in [6.07, 6.45) is 1.30. The molecule has 1 saturated heterocycles. The van der Waals surface area contributed by atoms with Crippen molar-refractivity contribution in [3.63, 3.8) is 0 Å². The minimum atomic E-state index is -0.397. The summed E-state index contributed by atoms with van der Waals surface area (Å²) in [5.41, 5.74) is 0.141. The highest BCUT2D eigenvalue weighted by Crippen LogP contribution is 2.30. The molecule has 0 aliphatic carbocycles. The van der Waals surface area contributed by atoms with Crippen LogP contribution >= 0.6 is 0 Å². The van der Waals surface area contributed by atoms with Crippen molar-refractivity contribution in [3.05, 3.63) is 12.2 Å². The Bertz CT molecular complexity index is 249. The lowest BCUT2D eigenvalue weighted by atomic mass is 9.80. The maximum absolute atomic E-state index is 11.6. The van der Waals surface area contributed by atoms with Crippen molar-refractivity contribution >= 4 is 5.91 Å². The standard InChI is InChI=1S/C11H19NO3/c1-9(2)10(15)12-5-3-11(7-13,8-14)4-6-12/h13-14H,1,3-8H2,2H3. The first-order valence-corrected chi connectivity index (χ1v) is 5.21. The van der Waals surface area contributed by atoms with Gasteiger partial charge >= 0.3 is 0 Å². The van der Waals surface area contributed by atoms with Crippen LogP contribution in [0.5, 0.6) is 0 Å². The first-order valence-electron chi connectivity index (χ1n) is 5.21. The minimum absolute atomic E-state index is 0.0153. The van der Waals surface area contributed by atoms with Crippen LogP contribution in [0.3, 0.4) is 0 Å². The number of likely N-dealkylation sites (tertiary alicyclic amines) is 1. The largest absolute Gasteiger partial charge is 0.396 e. The van der Waals surface area contributed by atoms with Crippen LogP contribution in [-0.2, 0) is 4.79 Å². The molecule has 0 aromatic heterocycles. The van der Waals surface area contributed by atoms with E-state index in [4.69, 9.17) is 0 Å². The number of carbonyl (C=O) groups is 1. The highest BCUT2D eigenvalue weighted by Gasteiger charge is 2.34. The molecule has 0 spiro atoms. The molecule has 0 atom stereocenters. The van der Waals surface area contributed by atoms with Crippen molar-refractivity contribution in [2.75, 3.05) is 26.3 Å². The Kier molecular flexibility index (Phi) is 3.88. The molecule has 1 aliphatic heterocycles. The summed E-state index contributed by atoms with van der Waals surface area (Å²) in [5.74, 6) is -0.0283. The number of aliphatic hydroxyl groups is 2. The van der Waals surface area contributed by atoms with Crippen molar-refractivity contribution in [1.29, 1.82) is 0 Å². The minimum Gasteiger partial charge on any atom is -0.396 e. The van der Waals surface area contributed by atoms with Gasteiger partial charge in [-0.1, -0.05) is 6.58 Å². The van der Waals surface area contributed by atoms with E-state index in [0.29, 0.717) is 31.5 Å². The van der Waals surface area contributed by atoms with Crippen LogP contribution in [0.4, 0.5) is 0 Å². The van der Waals surface area contributed by atoms with Crippen LogP contribution in [0.2, 0.25) is 0 Å². The van der Waals surface area contributed by atoms with Crippen molar-refractivity contribution in [1.82, 2.24) is 4.90 Å². The highest BCUT2D eigenvalue weighted by molar-refractivity contribution is 5.92.